The zero-order valence-electron chi connectivity index (χ0n) is 12.0. The van der Waals surface area contributed by atoms with Crippen molar-refractivity contribution in [2.45, 2.75) is 13.3 Å². The highest BCUT2D eigenvalue weighted by atomic mass is 16.5. The first-order chi connectivity index (χ1) is 10.7. The Labute approximate surface area is 126 Å². The summed E-state index contributed by atoms with van der Waals surface area (Å²) in [5.74, 6) is 0.0515. The van der Waals surface area contributed by atoms with Crippen LogP contribution in [-0.2, 0) is 11.2 Å². The van der Waals surface area contributed by atoms with Gasteiger partial charge >= 0.3 is 6.09 Å². The van der Waals surface area contributed by atoms with Crippen molar-refractivity contribution in [3.8, 4) is 11.4 Å². The minimum atomic E-state index is -0.607. The van der Waals surface area contributed by atoms with Crippen LogP contribution in [0, 0.1) is 0 Å². The number of nitrogens with one attached hydrogen (secondary N) is 3. The fourth-order valence-electron chi connectivity index (χ4n) is 2.26. The Balaban J connectivity index is 1.86. The molecular weight excluding hydrogens is 286 g/mol. The summed E-state index contributed by atoms with van der Waals surface area (Å²) >= 11 is 0. The zero-order valence-corrected chi connectivity index (χ0v) is 12.0. The largest absolute Gasteiger partial charge is 0.450 e. The average Bonchev–Trinajstić information content (AvgIpc) is 2.93. The van der Waals surface area contributed by atoms with E-state index in [1.165, 1.54) is 6.20 Å². The second-order valence-corrected chi connectivity index (χ2v) is 4.69. The summed E-state index contributed by atoms with van der Waals surface area (Å²) in [6, 6.07) is 3.45. The molecule has 3 rings (SSSR count). The lowest BCUT2D eigenvalue weighted by molar-refractivity contribution is 0.0946. The molecule has 3 heterocycles. The molecule has 0 saturated heterocycles. The smallest absolute Gasteiger partial charge is 0.414 e. The number of aromatic nitrogens is 3. The van der Waals surface area contributed by atoms with Gasteiger partial charge in [-0.3, -0.25) is 10.1 Å². The minimum Gasteiger partial charge on any atom is -0.450 e. The molecule has 0 saturated carbocycles. The van der Waals surface area contributed by atoms with E-state index in [2.05, 4.69) is 25.6 Å². The Morgan fingerprint density at radius 1 is 1.50 bits per heavy atom. The van der Waals surface area contributed by atoms with Gasteiger partial charge in [-0.05, 0) is 19.1 Å². The van der Waals surface area contributed by atoms with Gasteiger partial charge < -0.3 is 15.0 Å². The molecule has 2 aromatic rings. The van der Waals surface area contributed by atoms with Crippen molar-refractivity contribution in [2.75, 3.05) is 18.5 Å². The fraction of sp³-hybridized carbons (Fsp3) is 0.286. The minimum absolute atomic E-state index is 0.0947. The topological polar surface area (TPSA) is 109 Å². The number of hydrogen-bond donors (Lipinski definition) is 3. The van der Waals surface area contributed by atoms with E-state index in [4.69, 9.17) is 4.74 Å². The van der Waals surface area contributed by atoms with Crippen LogP contribution in [0.25, 0.3) is 11.4 Å². The molecule has 1 aliphatic rings. The maximum atomic E-state index is 11.8. The maximum absolute atomic E-state index is 11.8. The number of carbonyl (C=O) groups is 2. The van der Waals surface area contributed by atoms with E-state index >= 15 is 0 Å². The molecule has 0 unspecified atom stereocenters. The summed E-state index contributed by atoms with van der Waals surface area (Å²) in [7, 11) is 0. The zero-order chi connectivity index (χ0) is 15.5. The second kappa shape index (κ2) is 5.84. The van der Waals surface area contributed by atoms with Crippen LogP contribution in [0.1, 0.15) is 23.0 Å². The molecular formula is C14H15N5O3. The number of carbonyl (C=O) groups excluding carboxylic acids is 2. The highest BCUT2D eigenvalue weighted by Gasteiger charge is 2.20. The lowest BCUT2D eigenvalue weighted by Gasteiger charge is -2.10. The van der Waals surface area contributed by atoms with Gasteiger partial charge in [0.25, 0.3) is 5.91 Å². The summed E-state index contributed by atoms with van der Waals surface area (Å²) in [5.41, 5.74) is 2.80. The van der Waals surface area contributed by atoms with Gasteiger partial charge in [0, 0.05) is 24.9 Å². The average molecular weight is 301 g/mol. The van der Waals surface area contributed by atoms with E-state index in [1.807, 2.05) is 0 Å². The van der Waals surface area contributed by atoms with Gasteiger partial charge in [0.2, 0.25) is 5.95 Å². The normalized spacial score (nSPS) is 13.2. The molecule has 0 radical (unpaired) electrons. The third-order valence-electron chi connectivity index (χ3n) is 3.23. The monoisotopic (exact) mass is 301 g/mol. The van der Waals surface area contributed by atoms with Crippen LogP contribution in [-0.4, -0.2) is 40.1 Å². The van der Waals surface area contributed by atoms with Crippen molar-refractivity contribution in [1.82, 2.24) is 20.3 Å². The standard InChI is InChI=1S/C14H15N5O3/c1-2-22-14(21)19-13-16-6-4-10(18-13)11-7-8-9(17-11)3-5-15-12(8)20/h4,6-7,17H,2-3,5H2,1H3,(H,15,20)(H,16,18,19,21). The summed E-state index contributed by atoms with van der Waals surface area (Å²) in [6.45, 7) is 2.60. The molecule has 8 nitrogen and oxygen atoms in total. The Morgan fingerprint density at radius 2 is 2.36 bits per heavy atom. The summed E-state index contributed by atoms with van der Waals surface area (Å²) < 4.78 is 4.78. The van der Waals surface area contributed by atoms with Crippen molar-refractivity contribution in [3.63, 3.8) is 0 Å². The lowest BCUT2D eigenvalue weighted by atomic mass is 10.1. The SMILES string of the molecule is CCOC(=O)Nc1nccc(-c2cc3c([nH]2)CCNC3=O)n1. The third-order valence-corrected chi connectivity index (χ3v) is 3.23. The van der Waals surface area contributed by atoms with Crippen LogP contribution in [0.4, 0.5) is 10.7 Å². The van der Waals surface area contributed by atoms with Crippen LogP contribution in [0.5, 0.6) is 0 Å². The Morgan fingerprint density at radius 3 is 3.14 bits per heavy atom. The van der Waals surface area contributed by atoms with Crippen LogP contribution in [0.2, 0.25) is 0 Å². The van der Waals surface area contributed by atoms with E-state index < -0.39 is 6.09 Å². The number of H-pyrrole nitrogens is 1. The van der Waals surface area contributed by atoms with E-state index in [-0.39, 0.29) is 18.5 Å². The quantitative estimate of drug-likeness (QED) is 0.792. The number of anilines is 1. The van der Waals surface area contributed by atoms with Crippen molar-refractivity contribution >= 4 is 17.9 Å². The molecule has 114 valence electrons. The van der Waals surface area contributed by atoms with Crippen molar-refractivity contribution in [3.05, 3.63) is 29.6 Å². The summed E-state index contributed by atoms with van der Waals surface area (Å²) in [5, 5.41) is 5.24. The van der Waals surface area contributed by atoms with Gasteiger partial charge in [-0.25, -0.2) is 14.8 Å². The van der Waals surface area contributed by atoms with Crippen LogP contribution in [0.15, 0.2) is 18.3 Å². The van der Waals surface area contributed by atoms with E-state index in [0.717, 1.165) is 12.1 Å². The van der Waals surface area contributed by atoms with Gasteiger partial charge in [0.15, 0.2) is 0 Å². The highest BCUT2D eigenvalue weighted by molar-refractivity contribution is 5.97. The van der Waals surface area contributed by atoms with Gasteiger partial charge in [-0.15, -0.1) is 0 Å². The van der Waals surface area contributed by atoms with Gasteiger partial charge in [-0.1, -0.05) is 0 Å². The van der Waals surface area contributed by atoms with E-state index in [1.54, 1.807) is 19.1 Å². The van der Waals surface area contributed by atoms with Gasteiger partial charge in [0.05, 0.1) is 23.6 Å². The Hall–Kier alpha value is -2.90. The Kier molecular flexibility index (Phi) is 3.73. The molecule has 0 fully saturated rings. The summed E-state index contributed by atoms with van der Waals surface area (Å²) in [6.07, 6.45) is 1.67. The molecule has 0 aliphatic carbocycles. The van der Waals surface area contributed by atoms with Crippen LogP contribution in [0.3, 0.4) is 0 Å². The molecule has 0 bridgehead atoms. The van der Waals surface area contributed by atoms with Gasteiger partial charge in [-0.2, -0.15) is 0 Å². The molecule has 0 atom stereocenters. The number of hydrogen-bond acceptors (Lipinski definition) is 5. The van der Waals surface area contributed by atoms with Crippen molar-refractivity contribution < 1.29 is 14.3 Å². The third kappa shape index (κ3) is 2.76. The van der Waals surface area contributed by atoms with Crippen LogP contribution < -0.4 is 10.6 Å². The predicted molar refractivity (Wildman–Crippen MR) is 78.5 cm³/mol. The maximum Gasteiger partial charge on any atom is 0.414 e. The first-order valence-corrected chi connectivity index (χ1v) is 6.94. The molecule has 0 spiro atoms. The fourth-order valence-corrected chi connectivity index (χ4v) is 2.26. The first-order valence-electron chi connectivity index (χ1n) is 6.94. The summed E-state index contributed by atoms with van der Waals surface area (Å²) in [4.78, 5) is 34.6. The number of ether oxygens (including phenoxy) is 1. The molecule has 1 aliphatic heterocycles. The molecule has 3 N–H and O–H groups in total. The Bertz CT molecular complexity index is 725. The number of fused-ring (bicyclic) bond motifs is 1. The van der Waals surface area contributed by atoms with E-state index in [0.29, 0.717) is 23.5 Å². The van der Waals surface area contributed by atoms with Crippen molar-refractivity contribution in [1.29, 1.82) is 0 Å². The van der Waals surface area contributed by atoms with Crippen molar-refractivity contribution in [2.24, 2.45) is 0 Å². The van der Waals surface area contributed by atoms with E-state index in [9.17, 15) is 9.59 Å². The molecule has 8 heteroatoms. The molecule has 2 aromatic heterocycles. The number of nitrogens with zero attached hydrogens (tertiary/aromatic N) is 2. The highest BCUT2D eigenvalue weighted by Crippen LogP contribution is 2.22. The molecule has 22 heavy (non-hydrogen) atoms. The number of amides is 2. The first kappa shape index (κ1) is 14.1. The number of rotatable bonds is 3. The molecule has 0 aromatic carbocycles. The lowest BCUT2D eigenvalue weighted by Crippen LogP contribution is -2.31. The van der Waals surface area contributed by atoms with Crippen LogP contribution >= 0.6 is 0 Å². The second-order valence-electron chi connectivity index (χ2n) is 4.69. The number of aromatic amines is 1. The van der Waals surface area contributed by atoms with Gasteiger partial charge in [0.1, 0.15) is 0 Å². The predicted octanol–water partition coefficient (Wildman–Crippen LogP) is 1.33. The molecule has 2 amide bonds.